The average Bonchev–Trinajstić information content (AvgIpc) is 2.54. The van der Waals surface area contributed by atoms with Crippen LogP contribution in [0, 0.1) is 0 Å². The summed E-state index contributed by atoms with van der Waals surface area (Å²) in [6, 6.07) is 2.15. The fraction of sp³-hybridized carbons (Fsp3) is 0.500. The third-order valence-electron chi connectivity index (χ3n) is 3.17. The predicted octanol–water partition coefficient (Wildman–Crippen LogP) is 2.95. The van der Waals surface area contributed by atoms with Crippen molar-refractivity contribution in [2.45, 2.75) is 19.0 Å². The van der Waals surface area contributed by atoms with Gasteiger partial charge in [-0.15, -0.1) is 6.58 Å². The van der Waals surface area contributed by atoms with Crippen LogP contribution in [0.4, 0.5) is 13.2 Å². The molecule has 1 aromatic heterocycles. The monoisotopic (exact) mass is 344 g/mol. The Kier molecular flexibility index (Phi) is 8.08. The van der Waals surface area contributed by atoms with Crippen molar-refractivity contribution in [3.8, 4) is 5.88 Å². The molecule has 8 heteroatoms. The number of halogens is 3. The molecule has 0 aliphatic rings. The number of allylic oxidation sites excluding steroid dienone is 1. The van der Waals surface area contributed by atoms with E-state index in [1.165, 1.54) is 6.07 Å². The maximum atomic E-state index is 12.4. The molecule has 0 fully saturated rings. The van der Waals surface area contributed by atoms with E-state index in [0.717, 1.165) is 37.6 Å². The highest BCUT2D eigenvalue weighted by Crippen LogP contribution is 2.29. The number of guanidine groups is 1. The second-order valence-corrected chi connectivity index (χ2v) is 5.06. The van der Waals surface area contributed by atoms with Gasteiger partial charge in [0, 0.05) is 32.9 Å². The lowest BCUT2D eigenvalue weighted by molar-refractivity contribution is -0.137. The molecule has 1 heterocycles. The second kappa shape index (κ2) is 9.79. The van der Waals surface area contributed by atoms with Crippen molar-refractivity contribution in [2.24, 2.45) is 4.99 Å². The Bertz CT molecular complexity index is 529. The van der Waals surface area contributed by atoms with Crippen LogP contribution in [0.3, 0.4) is 0 Å². The number of rotatable bonds is 8. The zero-order valence-corrected chi connectivity index (χ0v) is 13.9. The number of alkyl halides is 3. The number of aromatic nitrogens is 1. The van der Waals surface area contributed by atoms with Crippen molar-refractivity contribution in [3.63, 3.8) is 0 Å². The number of pyridine rings is 1. The van der Waals surface area contributed by atoms with Crippen LogP contribution in [0.5, 0.6) is 5.88 Å². The molecule has 0 aliphatic heterocycles. The number of hydrogen-bond donors (Lipinski definition) is 1. The van der Waals surface area contributed by atoms with Crippen LogP contribution in [0.15, 0.2) is 36.0 Å². The maximum absolute atomic E-state index is 12.4. The quantitative estimate of drug-likeness (QED) is 0.341. The van der Waals surface area contributed by atoms with Gasteiger partial charge in [0.05, 0.1) is 12.1 Å². The van der Waals surface area contributed by atoms with Gasteiger partial charge in [0.2, 0.25) is 5.88 Å². The molecule has 1 N–H and O–H groups in total. The Hall–Kier alpha value is -2.25. The molecule has 0 saturated carbocycles. The van der Waals surface area contributed by atoms with E-state index in [-0.39, 0.29) is 12.5 Å². The smallest absolute Gasteiger partial charge is 0.417 e. The van der Waals surface area contributed by atoms with E-state index < -0.39 is 11.7 Å². The SMILES string of the molecule is C=CCCCN(C)C(=NC)NCCOc1ccc(C(F)(F)F)cn1. The number of hydrogen-bond acceptors (Lipinski definition) is 3. The summed E-state index contributed by atoms with van der Waals surface area (Å²) in [5.41, 5.74) is -0.797. The number of aliphatic imine (C=N–C) groups is 1. The summed E-state index contributed by atoms with van der Waals surface area (Å²) in [6.45, 7) is 5.24. The molecule has 5 nitrogen and oxygen atoms in total. The zero-order valence-electron chi connectivity index (χ0n) is 13.9. The third-order valence-corrected chi connectivity index (χ3v) is 3.17. The van der Waals surface area contributed by atoms with E-state index in [9.17, 15) is 13.2 Å². The van der Waals surface area contributed by atoms with Crippen LogP contribution in [0.1, 0.15) is 18.4 Å². The van der Waals surface area contributed by atoms with E-state index >= 15 is 0 Å². The van der Waals surface area contributed by atoms with Gasteiger partial charge in [-0.05, 0) is 18.9 Å². The van der Waals surface area contributed by atoms with Crippen molar-refractivity contribution in [2.75, 3.05) is 33.8 Å². The molecular weight excluding hydrogens is 321 g/mol. The molecule has 0 amide bonds. The fourth-order valence-corrected chi connectivity index (χ4v) is 1.92. The van der Waals surface area contributed by atoms with Gasteiger partial charge in [0.15, 0.2) is 5.96 Å². The largest absolute Gasteiger partial charge is 0.476 e. The summed E-state index contributed by atoms with van der Waals surface area (Å²) in [5.74, 6) is 0.877. The number of unbranched alkanes of at least 4 members (excludes halogenated alkanes) is 1. The van der Waals surface area contributed by atoms with Gasteiger partial charge in [-0.3, -0.25) is 4.99 Å². The van der Waals surface area contributed by atoms with Gasteiger partial charge in [-0.1, -0.05) is 6.08 Å². The Labute approximate surface area is 140 Å². The van der Waals surface area contributed by atoms with Crippen LogP contribution in [-0.4, -0.2) is 49.6 Å². The van der Waals surface area contributed by atoms with Crippen LogP contribution in [0.2, 0.25) is 0 Å². The summed E-state index contributed by atoms with van der Waals surface area (Å²) >= 11 is 0. The summed E-state index contributed by atoms with van der Waals surface area (Å²) in [4.78, 5) is 9.79. The first-order chi connectivity index (χ1) is 11.4. The lowest BCUT2D eigenvalue weighted by atomic mass is 10.3. The molecule has 0 bridgehead atoms. The van der Waals surface area contributed by atoms with Gasteiger partial charge in [-0.25, -0.2) is 4.98 Å². The molecule has 1 rings (SSSR count). The zero-order chi connectivity index (χ0) is 18.0. The summed E-state index contributed by atoms with van der Waals surface area (Å²) in [5, 5.41) is 3.12. The van der Waals surface area contributed by atoms with Crippen molar-refractivity contribution in [1.82, 2.24) is 15.2 Å². The Morgan fingerprint density at radius 1 is 1.46 bits per heavy atom. The standard InChI is InChI=1S/C16H23F3N4O/c1-4-5-6-10-23(3)15(20-2)21-9-11-24-14-8-7-13(12-22-14)16(17,18)19/h4,7-8,12H,1,5-6,9-11H2,2-3H3,(H,20,21). The van der Waals surface area contributed by atoms with Crippen LogP contribution < -0.4 is 10.1 Å². The van der Waals surface area contributed by atoms with Crippen molar-refractivity contribution in [1.29, 1.82) is 0 Å². The molecule has 0 atom stereocenters. The highest BCUT2D eigenvalue weighted by molar-refractivity contribution is 5.79. The molecule has 24 heavy (non-hydrogen) atoms. The molecule has 0 aliphatic carbocycles. The highest BCUT2D eigenvalue weighted by Gasteiger charge is 2.30. The topological polar surface area (TPSA) is 49.8 Å². The lowest BCUT2D eigenvalue weighted by Crippen LogP contribution is -2.41. The van der Waals surface area contributed by atoms with Crippen LogP contribution >= 0.6 is 0 Å². The normalized spacial score (nSPS) is 12.0. The van der Waals surface area contributed by atoms with Crippen molar-refractivity contribution < 1.29 is 17.9 Å². The molecule has 0 unspecified atom stereocenters. The minimum absolute atomic E-state index is 0.152. The first-order valence-electron chi connectivity index (χ1n) is 7.57. The number of nitrogens with one attached hydrogen (secondary N) is 1. The minimum atomic E-state index is -4.39. The number of ether oxygens (including phenoxy) is 1. The highest BCUT2D eigenvalue weighted by atomic mass is 19.4. The van der Waals surface area contributed by atoms with Gasteiger partial charge >= 0.3 is 6.18 Å². The predicted molar refractivity (Wildman–Crippen MR) is 88.2 cm³/mol. The molecule has 0 saturated heterocycles. The van der Waals surface area contributed by atoms with Crippen LogP contribution in [0.25, 0.3) is 0 Å². The first kappa shape index (κ1) is 19.8. The molecular formula is C16H23F3N4O. The van der Waals surface area contributed by atoms with E-state index in [4.69, 9.17) is 4.74 Å². The minimum Gasteiger partial charge on any atom is -0.476 e. The molecule has 1 aromatic rings. The van der Waals surface area contributed by atoms with E-state index in [1.54, 1.807) is 7.05 Å². The molecule has 0 aromatic carbocycles. The lowest BCUT2D eigenvalue weighted by Gasteiger charge is -2.21. The second-order valence-electron chi connectivity index (χ2n) is 5.06. The summed E-state index contributed by atoms with van der Waals surface area (Å²) < 4.78 is 42.6. The third kappa shape index (κ3) is 6.89. The average molecular weight is 344 g/mol. The molecule has 0 radical (unpaired) electrons. The van der Waals surface area contributed by atoms with E-state index in [2.05, 4.69) is 21.9 Å². The van der Waals surface area contributed by atoms with Gasteiger partial charge < -0.3 is 15.0 Å². The Morgan fingerprint density at radius 3 is 2.75 bits per heavy atom. The maximum Gasteiger partial charge on any atom is 0.417 e. The first-order valence-corrected chi connectivity index (χ1v) is 7.57. The molecule has 134 valence electrons. The van der Waals surface area contributed by atoms with Crippen molar-refractivity contribution >= 4 is 5.96 Å². The fourth-order valence-electron chi connectivity index (χ4n) is 1.92. The van der Waals surface area contributed by atoms with E-state index in [1.807, 2.05) is 18.0 Å². The van der Waals surface area contributed by atoms with Gasteiger partial charge in [0.1, 0.15) is 6.61 Å². The Balaban J connectivity index is 2.35. The van der Waals surface area contributed by atoms with E-state index in [0.29, 0.717) is 6.54 Å². The Morgan fingerprint density at radius 2 is 2.21 bits per heavy atom. The summed E-state index contributed by atoms with van der Waals surface area (Å²) in [6.07, 6.45) is 0.149. The van der Waals surface area contributed by atoms with Gasteiger partial charge in [0.25, 0.3) is 0 Å². The van der Waals surface area contributed by atoms with Crippen molar-refractivity contribution in [3.05, 3.63) is 36.5 Å². The van der Waals surface area contributed by atoms with Gasteiger partial charge in [-0.2, -0.15) is 13.2 Å². The summed E-state index contributed by atoms with van der Waals surface area (Å²) in [7, 11) is 3.61. The van der Waals surface area contributed by atoms with Crippen LogP contribution in [-0.2, 0) is 6.18 Å². The molecule has 0 spiro atoms. The number of nitrogens with zero attached hydrogens (tertiary/aromatic N) is 3.